The van der Waals surface area contributed by atoms with E-state index in [1.807, 2.05) is 0 Å². The van der Waals surface area contributed by atoms with E-state index < -0.39 is 20.2 Å². The highest BCUT2D eigenvalue weighted by molar-refractivity contribution is 7.92. The second-order valence-corrected chi connectivity index (χ2v) is 7.11. The maximum Gasteiger partial charge on any atom is 0.501 e. The Labute approximate surface area is 124 Å². The first kappa shape index (κ1) is 15.0. The molecular weight excluding hydrogens is 319 g/mol. The molecule has 22 heavy (non-hydrogen) atoms. The van der Waals surface area contributed by atoms with Crippen molar-refractivity contribution >= 4 is 9.84 Å². The number of benzene rings is 1. The summed E-state index contributed by atoms with van der Waals surface area (Å²) in [7, 11) is -5.33. The summed E-state index contributed by atoms with van der Waals surface area (Å²) in [5.74, 6) is 1.09. The SMILES string of the molecule is O=S(=O)(c1cccc(Cn2cnc(C3CC3)n2)c1)C(F)(F)F. The van der Waals surface area contributed by atoms with Crippen LogP contribution in [0.5, 0.6) is 0 Å². The quantitative estimate of drug-likeness (QED) is 0.863. The molecule has 1 fully saturated rings. The van der Waals surface area contributed by atoms with E-state index in [2.05, 4.69) is 10.1 Å². The molecule has 1 saturated carbocycles. The molecule has 118 valence electrons. The van der Waals surface area contributed by atoms with Crippen molar-refractivity contribution in [2.75, 3.05) is 0 Å². The van der Waals surface area contributed by atoms with E-state index in [1.54, 1.807) is 6.07 Å². The topological polar surface area (TPSA) is 64.8 Å². The van der Waals surface area contributed by atoms with Crippen molar-refractivity contribution in [3.63, 3.8) is 0 Å². The molecule has 2 aromatic rings. The van der Waals surface area contributed by atoms with Gasteiger partial charge in [0, 0.05) is 5.92 Å². The molecule has 0 bridgehead atoms. The summed E-state index contributed by atoms with van der Waals surface area (Å²) >= 11 is 0. The van der Waals surface area contributed by atoms with Gasteiger partial charge in [-0.25, -0.2) is 18.1 Å². The van der Waals surface area contributed by atoms with E-state index in [0.29, 0.717) is 11.5 Å². The summed E-state index contributed by atoms with van der Waals surface area (Å²) in [6.45, 7) is 0.168. The van der Waals surface area contributed by atoms with Gasteiger partial charge in [0.25, 0.3) is 9.84 Å². The molecule has 0 aliphatic heterocycles. The van der Waals surface area contributed by atoms with Crippen molar-refractivity contribution in [1.29, 1.82) is 0 Å². The fraction of sp³-hybridized carbons (Fsp3) is 0.385. The van der Waals surface area contributed by atoms with Crippen LogP contribution in [0.1, 0.15) is 30.1 Å². The Bertz CT molecular complexity index is 795. The lowest BCUT2D eigenvalue weighted by Crippen LogP contribution is -2.23. The van der Waals surface area contributed by atoms with E-state index in [0.717, 1.165) is 30.8 Å². The Balaban J connectivity index is 1.84. The zero-order valence-corrected chi connectivity index (χ0v) is 12.1. The standard InChI is InChI=1S/C13H12F3N3O2S/c14-13(15,16)22(20,21)11-3-1-2-9(6-11)7-19-8-17-12(18-19)10-4-5-10/h1-3,6,8,10H,4-5,7H2. The Hall–Kier alpha value is -1.90. The number of nitrogens with zero attached hydrogens (tertiary/aromatic N) is 3. The first-order valence-electron chi connectivity index (χ1n) is 6.57. The molecule has 1 aromatic carbocycles. The van der Waals surface area contributed by atoms with Crippen LogP contribution in [-0.4, -0.2) is 28.7 Å². The second-order valence-electron chi connectivity index (χ2n) is 5.17. The molecule has 5 nitrogen and oxygen atoms in total. The normalized spacial score (nSPS) is 16.0. The maximum atomic E-state index is 12.6. The van der Waals surface area contributed by atoms with Gasteiger partial charge in [-0.05, 0) is 30.5 Å². The van der Waals surface area contributed by atoms with Crippen LogP contribution >= 0.6 is 0 Å². The van der Waals surface area contributed by atoms with Crippen LogP contribution in [0.15, 0.2) is 35.5 Å². The van der Waals surface area contributed by atoms with Crippen LogP contribution in [-0.2, 0) is 16.4 Å². The number of aromatic nitrogens is 3. The van der Waals surface area contributed by atoms with Crippen molar-refractivity contribution in [2.24, 2.45) is 0 Å². The predicted octanol–water partition coefficient (Wildman–Crippen LogP) is 2.50. The molecule has 0 atom stereocenters. The fourth-order valence-corrected chi connectivity index (χ4v) is 2.88. The van der Waals surface area contributed by atoms with Crippen molar-refractivity contribution < 1.29 is 21.6 Å². The second kappa shape index (κ2) is 5.08. The average molecular weight is 331 g/mol. The minimum Gasteiger partial charge on any atom is -0.248 e. The zero-order valence-electron chi connectivity index (χ0n) is 11.3. The van der Waals surface area contributed by atoms with Gasteiger partial charge in [-0.15, -0.1) is 0 Å². The Morgan fingerprint density at radius 1 is 1.27 bits per heavy atom. The van der Waals surface area contributed by atoms with E-state index in [1.165, 1.54) is 17.1 Å². The smallest absolute Gasteiger partial charge is 0.248 e. The number of hydrogen-bond acceptors (Lipinski definition) is 4. The van der Waals surface area contributed by atoms with Crippen LogP contribution in [0.4, 0.5) is 13.2 Å². The van der Waals surface area contributed by atoms with Crippen molar-refractivity contribution in [3.8, 4) is 0 Å². The minimum atomic E-state index is -5.33. The highest BCUT2D eigenvalue weighted by Crippen LogP contribution is 2.37. The van der Waals surface area contributed by atoms with Gasteiger partial charge in [0.15, 0.2) is 5.82 Å². The molecule has 0 unspecified atom stereocenters. The van der Waals surface area contributed by atoms with Gasteiger partial charge < -0.3 is 0 Å². The lowest BCUT2D eigenvalue weighted by molar-refractivity contribution is -0.0436. The number of sulfone groups is 1. The molecule has 1 aromatic heterocycles. The fourth-order valence-electron chi connectivity index (χ4n) is 2.05. The van der Waals surface area contributed by atoms with Gasteiger partial charge in [-0.1, -0.05) is 12.1 Å². The predicted molar refractivity (Wildman–Crippen MR) is 70.8 cm³/mol. The van der Waals surface area contributed by atoms with Gasteiger partial charge in [0.2, 0.25) is 0 Å². The summed E-state index contributed by atoms with van der Waals surface area (Å²) in [6.07, 6.45) is 3.59. The summed E-state index contributed by atoms with van der Waals surface area (Å²) in [5.41, 5.74) is -4.89. The monoisotopic (exact) mass is 331 g/mol. The molecular formula is C13H12F3N3O2S. The molecule has 3 rings (SSSR count). The summed E-state index contributed by atoms with van der Waals surface area (Å²) < 4.78 is 62.0. The van der Waals surface area contributed by atoms with E-state index >= 15 is 0 Å². The van der Waals surface area contributed by atoms with Crippen molar-refractivity contribution in [3.05, 3.63) is 42.0 Å². The van der Waals surface area contributed by atoms with Gasteiger partial charge in [-0.2, -0.15) is 18.3 Å². The van der Waals surface area contributed by atoms with Crippen LogP contribution in [0, 0.1) is 0 Å². The Morgan fingerprint density at radius 3 is 2.64 bits per heavy atom. The molecule has 0 radical (unpaired) electrons. The van der Waals surface area contributed by atoms with Gasteiger partial charge in [-0.3, -0.25) is 0 Å². The zero-order chi connectivity index (χ0) is 16.0. The number of alkyl halides is 3. The van der Waals surface area contributed by atoms with Gasteiger partial charge in [0.05, 0.1) is 11.4 Å². The third kappa shape index (κ3) is 2.85. The summed E-state index contributed by atoms with van der Waals surface area (Å²) in [5, 5.41) is 4.24. The molecule has 1 aliphatic carbocycles. The molecule has 0 N–H and O–H groups in total. The Kier molecular flexibility index (Phi) is 3.47. The van der Waals surface area contributed by atoms with Crippen LogP contribution in [0.25, 0.3) is 0 Å². The lowest BCUT2D eigenvalue weighted by atomic mass is 10.2. The third-order valence-corrected chi connectivity index (χ3v) is 4.84. The van der Waals surface area contributed by atoms with Crippen molar-refractivity contribution in [1.82, 2.24) is 14.8 Å². The highest BCUT2D eigenvalue weighted by atomic mass is 32.2. The van der Waals surface area contributed by atoms with Crippen LogP contribution in [0.2, 0.25) is 0 Å². The van der Waals surface area contributed by atoms with Crippen LogP contribution in [0.3, 0.4) is 0 Å². The van der Waals surface area contributed by atoms with Crippen molar-refractivity contribution in [2.45, 2.75) is 35.7 Å². The number of hydrogen-bond donors (Lipinski definition) is 0. The van der Waals surface area contributed by atoms with Crippen LogP contribution < -0.4 is 0 Å². The largest absolute Gasteiger partial charge is 0.501 e. The van der Waals surface area contributed by atoms with E-state index in [9.17, 15) is 21.6 Å². The van der Waals surface area contributed by atoms with Gasteiger partial charge >= 0.3 is 5.51 Å². The molecule has 0 amide bonds. The average Bonchev–Trinajstić information content (AvgIpc) is 3.19. The van der Waals surface area contributed by atoms with E-state index in [-0.39, 0.29) is 6.54 Å². The third-order valence-electron chi connectivity index (χ3n) is 3.35. The number of halogens is 3. The molecule has 0 spiro atoms. The highest BCUT2D eigenvalue weighted by Gasteiger charge is 2.46. The molecule has 1 aliphatic rings. The molecule has 1 heterocycles. The number of rotatable bonds is 4. The molecule has 9 heteroatoms. The lowest BCUT2D eigenvalue weighted by Gasteiger charge is -2.09. The molecule has 0 saturated heterocycles. The first-order chi connectivity index (χ1) is 10.3. The Morgan fingerprint density at radius 2 is 2.00 bits per heavy atom. The first-order valence-corrected chi connectivity index (χ1v) is 8.05. The summed E-state index contributed by atoms with van der Waals surface area (Å²) in [6, 6.07) is 4.78. The maximum absolute atomic E-state index is 12.6. The van der Waals surface area contributed by atoms with Gasteiger partial charge in [0.1, 0.15) is 6.33 Å². The van der Waals surface area contributed by atoms with E-state index in [4.69, 9.17) is 0 Å². The summed E-state index contributed by atoms with van der Waals surface area (Å²) in [4.78, 5) is 3.37. The minimum absolute atomic E-state index is 0.168.